The minimum atomic E-state index is -3.59. The Balaban J connectivity index is 1.60. The molecule has 9 heteroatoms. The molecule has 1 aromatic carbocycles. The van der Waals surface area contributed by atoms with Gasteiger partial charge in [0.2, 0.25) is 16.0 Å². The molecule has 2 aliphatic heterocycles. The van der Waals surface area contributed by atoms with Gasteiger partial charge in [0.05, 0.1) is 30.3 Å². The Labute approximate surface area is 154 Å². The largest absolute Gasteiger partial charge is 0.378 e. The van der Waals surface area contributed by atoms with E-state index in [9.17, 15) is 8.42 Å². The number of hydrogen-bond acceptors (Lipinski definition) is 6. The van der Waals surface area contributed by atoms with Crippen LogP contribution in [0, 0.1) is 0 Å². The molecular formula is C16H17BrN4O3S. The van der Waals surface area contributed by atoms with E-state index < -0.39 is 10.0 Å². The summed E-state index contributed by atoms with van der Waals surface area (Å²) in [6.45, 7) is 3.36. The van der Waals surface area contributed by atoms with Gasteiger partial charge in [-0.3, -0.25) is 0 Å². The SMILES string of the molecule is O=S(=O)(c1ccccc1Br)N1Cc2cnc(N3CCOCC3)nc2C1. The molecular weight excluding hydrogens is 408 g/mol. The fourth-order valence-electron chi connectivity index (χ4n) is 2.99. The fraction of sp³-hybridized carbons (Fsp3) is 0.375. The summed E-state index contributed by atoms with van der Waals surface area (Å²) >= 11 is 3.33. The summed E-state index contributed by atoms with van der Waals surface area (Å²) < 4.78 is 33.2. The second kappa shape index (κ2) is 6.64. The zero-order chi connectivity index (χ0) is 17.4. The van der Waals surface area contributed by atoms with Crippen LogP contribution in [0.5, 0.6) is 0 Å². The molecule has 1 aromatic heterocycles. The molecule has 0 bridgehead atoms. The van der Waals surface area contributed by atoms with Crippen LogP contribution in [0.15, 0.2) is 39.8 Å². The van der Waals surface area contributed by atoms with Gasteiger partial charge in [0.25, 0.3) is 0 Å². The van der Waals surface area contributed by atoms with Crippen molar-refractivity contribution in [1.29, 1.82) is 0 Å². The summed E-state index contributed by atoms with van der Waals surface area (Å²) in [7, 11) is -3.59. The number of nitrogens with zero attached hydrogens (tertiary/aromatic N) is 4. The molecule has 1 fully saturated rings. The fourth-order valence-corrected chi connectivity index (χ4v) is 5.34. The molecule has 2 aromatic rings. The molecule has 0 unspecified atom stereocenters. The van der Waals surface area contributed by atoms with Crippen LogP contribution in [0.1, 0.15) is 11.3 Å². The molecule has 25 heavy (non-hydrogen) atoms. The van der Waals surface area contributed by atoms with E-state index >= 15 is 0 Å². The van der Waals surface area contributed by atoms with E-state index in [2.05, 4.69) is 30.8 Å². The van der Waals surface area contributed by atoms with Crippen molar-refractivity contribution in [2.45, 2.75) is 18.0 Å². The van der Waals surface area contributed by atoms with Gasteiger partial charge < -0.3 is 9.64 Å². The van der Waals surface area contributed by atoms with Gasteiger partial charge in [-0.1, -0.05) is 12.1 Å². The number of sulfonamides is 1. The maximum atomic E-state index is 12.9. The van der Waals surface area contributed by atoms with E-state index in [0.717, 1.165) is 24.3 Å². The van der Waals surface area contributed by atoms with E-state index in [-0.39, 0.29) is 11.4 Å². The highest BCUT2D eigenvalue weighted by Gasteiger charge is 2.33. The quantitative estimate of drug-likeness (QED) is 0.747. The third kappa shape index (κ3) is 3.17. The first-order valence-electron chi connectivity index (χ1n) is 7.98. The van der Waals surface area contributed by atoms with Crippen molar-refractivity contribution in [2.75, 3.05) is 31.2 Å². The number of halogens is 1. The maximum Gasteiger partial charge on any atom is 0.244 e. The second-order valence-electron chi connectivity index (χ2n) is 5.94. The van der Waals surface area contributed by atoms with Crippen LogP contribution in [-0.2, 0) is 27.8 Å². The van der Waals surface area contributed by atoms with Gasteiger partial charge >= 0.3 is 0 Å². The van der Waals surface area contributed by atoms with Crippen molar-refractivity contribution >= 4 is 31.9 Å². The molecule has 3 heterocycles. The summed E-state index contributed by atoms with van der Waals surface area (Å²) in [6, 6.07) is 6.85. The van der Waals surface area contributed by atoms with Crippen LogP contribution in [0.4, 0.5) is 5.95 Å². The Morgan fingerprint density at radius 2 is 1.88 bits per heavy atom. The third-order valence-corrected chi connectivity index (χ3v) is 7.17. The van der Waals surface area contributed by atoms with Crippen molar-refractivity contribution in [3.63, 3.8) is 0 Å². The lowest BCUT2D eigenvalue weighted by atomic mass is 10.3. The van der Waals surface area contributed by atoms with Gasteiger partial charge in [-0.2, -0.15) is 4.31 Å². The van der Waals surface area contributed by atoms with Gasteiger partial charge in [-0.25, -0.2) is 18.4 Å². The highest BCUT2D eigenvalue weighted by Crippen LogP contribution is 2.31. The zero-order valence-electron chi connectivity index (χ0n) is 13.4. The Morgan fingerprint density at radius 1 is 1.12 bits per heavy atom. The standard InChI is InChI=1S/C16H17BrN4O3S/c17-13-3-1-2-4-15(13)25(22,23)21-10-12-9-18-16(19-14(12)11-21)20-5-7-24-8-6-20/h1-4,9H,5-8,10-11H2. The van der Waals surface area contributed by atoms with Crippen molar-refractivity contribution in [2.24, 2.45) is 0 Å². The summed E-state index contributed by atoms with van der Waals surface area (Å²) in [5.41, 5.74) is 1.62. The molecule has 0 spiro atoms. The lowest BCUT2D eigenvalue weighted by Gasteiger charge is -2.26. The Kier molecular flexibility index (Phi) is 4.48. The Morgan fingerprint density at radius 3 is 2.64 bits per heavy atom. The normalized spacial score (nSPS) is 18.4. The number of aromatic nitrogens is 2. The number of benzene rings is 1. The molecule has 132 valence electrons. The zero-order valence-corrected chi connectivity index (χ0v) is 15.8. The lowest BCUT2D eigenvalue weighted by Crippen LogP contribution is -2.37. The topological polar surface area (TPSA) is 75.6 Å². The minimum Gasteiger partial charge on any atom is -0.378 e. The molecule has 4 rings (SSSR count). The van der Waals surface area contributed by atoms with Crippen LogP contribution < -0.4 is 4.90 Å². The van der Waals surface area contributed by atoms with Crippen molar-refractivity contribution in [3.05, 3.63) is 46.2 Å². The average Bonchev–Trinajstić information content (AvgIpc) is 3.07. The summed E-state index contributed by atoms with van der Waals surface area (Å²) in [5, 5.41) is 0. The molecule has 0 radical (unpaired) electrons. The number of fused-ring (bicyclic) bond motifs is 1. The number of rotatable bonds is 3. The summed E-state index contributed by atoms with van der Waals surface area (Å²) in [4.78, 5) is 11.3. The van der Waals surface area contributed by atoms with E-state index in [0.29, 0.717) is 30.2 Å². The Bertz CT molecular complexity index is 900. The highest BCUT2D eigenvalue weighted by atomic mass is 79.9. The van der Waals surface area contributed by atoms with Crippen molar-refractivity contribution in [1.82, 2.24) is 14.3 Å². The van der Waals surface area contributed by atoms with E-state index in [1.54, 1.807) is 30.5 Å². The molecule has 0 saturated carbocycles. The first kappa shape index (κ1) is 16.9. The van der Waals surface area contributed by atoms with Crippen molar-refractivity contribution < 1.29 is 13.2 Å². The molecule has 0 amide bonds. The van der Waals surface area contributed by atoms with Crippen LogP contribution in [0.2, 0.25) is 0 Å². The maximum absolute atomic E-state index is 12.9. The lowest BCUT2D eigenvalue weighted by molar-refractivity contribution is 0.122. The average molecular weight is 425 g/mol. The van der Waals surface area contributed by atoms with Crippen LogP contribution in [0.25, 0.3) is 0 Å². The molecule has 1 saturated heterocycles. The van der Waals surface area contributed by atoms with Gasteiger partial charge in [0.15, 0.2) is 0 Å². The van der Waals surface area contributed by atoms with Crippen LogP contribution in [-0.4, -0.2) is 49.0 Å². The first-order valence-corrected chi connectivity index (χ1v) is 10.2. The number of anilines is 1. The monoisotopic (exact) mass is 424 g/mol. The van der Waals surface area contributed by atoms with Crippen molar-refractivity contribution in [3.8, 4) is 0 Å². The molecule has 7 nitrogen and oxygen atoms in total. The predicted molar refractivity (Wildman–Crippen MR) is 95.6 cm³/mol. The Hall–Kier alpha value is -1.55. The minimum absolute atomic E-state index is 0.263. The van der Waals surface area contributed by atoms with Gasteiger partial charge in [0, 0.05) is 35.9 Å². The van der Waals surface area contributed by atoms with Gasteiger partial charge in [0.1, 0.15) is 0 Å². The van der Waals surface area contributed by atoms with Gasteiger partial charge in [-0.15, -0.1) is 0 Å². The highest BCUT2D eigenvalue weighted by molar-refractivity contribution is 9.10. The number of hydrogen-bond donors (Lipinski definition) is 0. The molecule has 0 aliphatic carbocycles. The van der Waals surface area contributed by atoms with E-state index in [1.807, 2.05) is 0 Å². The van der Waals surface area contributed by atoms with E-state index in [4.69, 9.17) is 4.74 Å². The van der Waals surface area contributed by atoms with Crippen LogP contribution >= 0.6 is 15.9 Å². The van der Waals surface area contributed by atoms with Gasteiger partial charge in [-0.05, 0) is 28.1 Å². The summed E-state index contributed by atoms with van der Waals surface area (Å²) in [6.07, 6.45) is 1.74. The second-order valence-corrected chi connectivity index (χ2v) is 8.71. The third-order valence-electron chi connectivity index (χ3n) is 4.36. The molecule has 0 atom stereocenters. The molecule has 0 N–H and O–H groups in total. The van der Waals surface area contributed by atoms with E-state index in [1.165, 1.54) is 4.31 Å². The molecule has 2 aliphatic rings. The summed E-state index contributed by atoms with van der Waals surface area (Å²) in [5.74, 6) is 0.641. The number of morpholine rings is 1. The van der Waals surface area contributed by atoms with Crippen LogP contribution in [0.3, 0.4) is 0 Å². The smallest absolute Gasteiger partial charge is 0.244 e. The first-order chi connectivity index (χ1) is 12.1. The predicted octanol–water partition coefficient (Wildman–Crippen LogP) is 1.78. The number of ether oxygens (including phenoxy) is 1.